The molecular formula is C17H21N5O2. The normalized spacial score (nSPS) is 10.3. The lowest BCUT2D eigenvalue weighted by molar-refractivity contribution is -0.114. The molecule has 2 aromatic rings. The van der Waals surface area contributed by atoms with E-state index in [9.17, 15) is 9.59 Å². The Bertz CT molecular complexity index is 765. The molecule has 0 aliphatic heterocycles. The van der Waals surface area contributed by atoms with Gasteiger partial charge in [-0.1, -0.05) is 17.7 Å². The first-order chi connectivity index (χ1) is 11.3. The number of rotatable bonds is 5. The summed E-state index contributed by atoms with van der Waals surface area (Å²) in [5, 5.41) is 2.92. The van der Waals surface area contributed by atoms with Gasteiger partial charge in [-0.3, -0.25) is 14.6 Å². The molecule has 0 fully saturated rings. The zero-order valence-corrected chi connectivity index (χ0v) is 14.3. The molecule has 24 heavy (non-hydrogen) atoms. The first kappa shape index (κ1) is 17.4. The number of aromatic nitrogens is 2. The van der Waals surface area contributed by atoms with Crippen molar-refractivity contribution in [3.63, 3.8) is 0 Å². The summed E-state index contributed by atoms with van der Waals surface area (Å²) >= 11 is 0. The summed E-state index contributed by atoms with van der Waals surface area (Å²) in [5.74, 6) is -0.439. The molecule has 126 valence electrons. The number of benzene rings is 1. The summed E-state index contributed by atoms with van der Waals surface area (Å²) < 4.78 is 0. The fourth-order valence-corrected chi connectivity index (χ4v) is 2.51. The van der Waals surface area contributed by atoms with Crippen LogP contribution in [0.25, 0.3) is 0 Å². The number of anilines is 2. The Morgan fingerprint density at radius 3 is 2.38 bits per heavy atom. The van der Waals surface area contributed by atoms with E-state index in [-0.39, 0.29) is 18.1 Å². The standard InChI is InChI=1S/C17H21N5O2/c1-10-5-11(2)16(12(3)6-10)21-15(23)9-22(4)14-8-19-7-13(20-14)17(18)24/h5-8H,9H2,1-4H3,(H2,18,24)(H,21,23). The molecule has 0 saturated heterocycles. The molecule has 0 saturated carbocycles. The van der Waals surface area contributed by atoms with Gasteiger partial charge in [-0.2, -0.15) is 0 Å². The second kappa shape index (κ2) is 7.08. The molecule has 7 nitrogen and oxygen atoms in total. The van der Waals surface area contributed by atoms with Crippen LogP contribution in [0, 0.1) is 20.8 Å². The molecule has 7 heteroatoms. The van der Waals surface area contributed by atoms with Crippen LogP contribution in [0.5, 0.6) is 0 Å². The fourth-order valence-electron chi connectivity index (χ4n) is 2.51. The van der Waals surface area contributed by atoms with Gasteiger partial charge in [0.2, 0.25) is 5.91 Å². The smallest absolute Gasteiger partial charge is 0.268 e. The van der Waals surface area contributed by atoms with Crippen molar-refractivity contribution in [2.75, 3.05) is 23.8 Å². The summed E-state index contributed by atoms with van der Waals surface area (Å²) in [6.45, 7) is 6.01. The Morgan fingerprint density at radius 1 is 1.17 bits per heavy atom. The van der Waals surface area contributed by atoms with Crippen molar-refractivity contribution in [3.8, 4) is 0 Å². The summed E-state index contributed by atoms with van der Waals surface area (Å²) in [4.78, 5) is 33.1. The van der Waals surface area contributed by atoms with Crippen molar-refractivity contribution in [1.29, 1.82) is 0 Å². The predicted octanol–water partition coefficient (Wildman–Crippen LogP) is 1.58. The highest BCUT2D eigenvalue weighted by atomic mass is 16.2. The van der Waals surface area contributed by atoms with Crippen LogP contribution in [0.4, 0.5) is 11.5 Å². The number of nitrogens with one attached hydrogen (secondary N) is 1. The minimum absolute atomic E-state index is 0.0602. The van der Waals surface area contributed by atoms with Crippen molar-refractivity contribution in [1.82, 2.24) is 9.97 Å². The molecule has 0 radical (unpaired) electrons. The Hall–Kier alpha value is -2.96. The van der Waals surface area contributed by atoms with Gasteiger partial charge in [0, 0.05) is 12.7 Å². The highest BCUT2D eigenvalue weighted by Gasteiger charge is 2.13. The van der Waals surface area contributed by atoms with Crippen LogP contribution in [-0.4, -0.2) is 35.4 Å². The van der Waals surface area contributed by atoms with E-state index in [0.717, 1.165) is 22.4 Å². The van der Waals surface area contributed by atoms with Crippen molar-refractivity contribution in [2.24, 2.45) is 5.73 Å². The topological polar surface area (TPSA) is 101 Å². The number of nitrogens with zero attached hydrogens (tertiary/aromatic N) is 3. The molecule has 3 N–H and O–H groups in total. The molecule has 0 aliphatic rings. The van der Waals surface area contributed by atoms with Gasteiger partial charge < -0.3 is 16.0 Å². The number of likely N-dealkylation sites (N-methyl/N-ethyl adjacent to an activating group) is 1. The molecule has 0 spiro atoms. The number of nitrogens with two attached hydrogens (primary N) is 1. The third-order valence-electron chi connectivity index (χ3n) is 3.59. The molecular weight excluding hydrogens is 306 g/mol. The SMILES string of the molecule is Cc1cc(C)c(NC(=O)CN(C)c2cncc(C(N)=O)n2)c(C)c1. The van der Waals surface area contributed by atoms with Crippen LogP contribution in [0.2, 0.25) is 0 Å². The highest BCUT2D eigenvalue weighted by molar-refractivity contribution is 5.95. The Labute approximate surface area is 140 Å². The van der Waals surface area contributed by atoms with E-state index in [1.807, 2.05) is 32.9 Å². The van der Waals surface area contributed by atoms with Gasteiger partial charge in [0.25, 0.3) is 5.91 Å². The zero-order valence-electron chi connectivity index (χ0n) is 14.3. The van der Waals surface area contributed by atoms with Crippen LogP contribution in [0.1, 0.15) is 27.2 Å². The maximum absolute atomic E-state index is 12.3. The first-order valence-electron chi connectivity index (χ1n) is 7.48. The summed E-state index contributed by atoms with van der Waals surface area (Å²) in [6.07, 6.45) is 2.76. The summed E-state index contributed by atoms with van der Waals surface area (Å²) in [7, 11) is 1.70. The van der Waals surface area contributed by atoms with Crippen LogP contribution in [0.15, 0.2) is 24.5 Å². The van der Waals surface area contributed by atoms with E-state index in [4.69, 9.17) is 5.73 Å². The van der Waals surface area contributed by atoms with Crippen molar-refractivity contribution in [3.05, 3.63) is 46.9 Å². The molecule has 2 amide bonds. The van der Waals surface area contributed by atoms with Crippen LogP contribution >= 0.6 is 0 Å². The Morgan fingerprint density at radius 2 is 1.79 bits per heavy atom. The van der Waals surface area contributed by atoms with Gasteiger partial charge in [0.1, 0.15) is 11.5 Å². The van der Waals surface area contributed by atoms with E-state index < -0.39 is 5.91 Å². The Balaban J connectivity index is 2.10. The molecule has 1 heterocycles. The van der Waals surface area contributed by atoms with Gasteiger partial charge in [-0.15, -0.1) is 0 Å². The second-order valence-corrected chi connectivity index (χ2v) is 5.80. The number of carbonyl (C=O) groups excluding carboxylic acids is 2. The zero-order chi connectivity index (χ0) is 17.9. The van der Waals surface area contributed by atoms with Crippen LogP contribution in [-0.2, 0) is 4.79 Å². The maximum Gasteiger partial charge on any atom is 0.268 e. The van der Waals surface area contributed by atoms with E-state index in [1.54, 1.807) is 11.9 Å². The predicted molar refractivity (Wildman–Crippen MR) is 93.1 cm³/mol. The molecule has 0 atom stereocenters. The van der Waals surface area contributed by atoms with Gasteiger partial charge >= 0.3 is 0 Å². The number of carbonyl (C=O) groups is 2. The number of aryl methyl sites for hydroxylation is 3. The van der Waals surface area contributed by atoms with Crippen molar-refractivity contribution >= 4 is 23.3 Å². The average molecular weight is 327 g/mol. The third kappa shape index (κ3) is 4.07. The highest BCUT2D eigenvalue weighted by Crippen LogP contribution is 2.22. The number of hydrogen-bond donors (Lipinski definition) is 2. The minimum Gasteiger partial charge on any atom is -0.364 e. The lowest BCUT2D eigenvalue weighted by Gasteiger charge is -2.19. The van der Waals surface area contributed by atoms with E-state index in [2.05, 4.69) is 15.3 Å². The largest absolute Gasteiger partial charge is 0.364 e. The van der Waals surface area contributed by atoms with Gasteiger partial charge in [0.05, 0.1) is 18.9 Å². The average Bonchev–Trinajstić information content (AvgIpc) is 2.51. The monoisotopic (exact) mass is 327 g/mol. The Kier molecular flexibility index (Phi) is 5.13. The van der Waals surface area contributed by atoms with Crippen molar-refractivity contribution < 1.29 is 9.59 Å². The summed E-state index contributed by atoms with van der Waals surface area (Å²) in [6, 6.07) is 4.04. The van der Waals surface area contributed by atoms with Gasteiger partial charge in [-0.25, -0.2) is 4.98 Å². The number of amides is 2. The second-order valence-electron chi connectivity index (χ2n) is 5.80. The minimum atomic E-state index is -0.659. The molecule has 0 aliphatic carbocycles. The molecule has 1 aromatic carbocycles. The first-order valence-corrected chi connectivity index (χ1v) is 7.48. The fraction of sp³-hybridized carbons (Fsp3) is 0.294. The van der Waals surface area contributed by atoms with Crippen LogP contribution in [0.3, 0.4) is 0 Å². The number of hydrogen-bond acceptors (Lipinski definition) is 5. The van der Waals surface area contributed by atoms with E-state index in [0.29, 0.717) is 5.82 Å². The quantitative estimate of drug-likeness (QED) is 0.868. The van der Waals surface area contributed by atoms with Gasteiger partial charge in [-0.05, 0) is 31.9 Å². The van der Waals surface area contributed by atoms with E-state index in [1.165, 1.54) is 12.4 Å². The molecule has 2 rings (SSSR count). The van der Waals surface area contributed by atoms with Crippen LogP contribution < -0.4 is 16.0 Å². The molecule has 1 aromatic heterocycles. The van der Waals surface area contributed by atoms with Gasteiger partial charge in [0.15, 0.2) is 0 Å². The van der Waals surface area contributed by atoms with E-state index >= 15 is 0 Å². The molecule has 0 unspecified atom stereocenters. The lowest BCUT2D eigenvalue weighted by Crippen LogP contribution is -2.31. The maximum atomic E-state index is 12.3. The summed E-state index contributed by atoms with van der Waals surface area (Å²) in [5.41, 5.74) is 9.25. The van der Waals surface area contributed by atoms with Crippen molar-refractivity contribution in [2.45, 2.75) is 20.8 Å². The third-order valence-corrected chi connectivity index (χ3v) is 3.59. The lowest BCUT2D eigenvalue weighted by atomic mass is 10.1. The molecule has 0 bridgehead atoms. The number of primary amides is 1.